The van der Waals surface area contributed by atoms with Crippen LogP contribution in [-0.4, -0.2) is 17.1 Å². The topological polar surface area (TPSA) is 67.0 Å². The van der Waals surface area contributed by atoms with E-state index in [9.17, 15) is 10.1 Å². The van der Waals surface area contributed by atoms with Crippen molar-refractivity contribution in [3.63, 3.8) is 0 Å². The molecule has 1 heterocycles. The molecule has 0 saturated heterocycles. The van der Waals surface area contributed by atoms with Crippen molar-refractivity contribution >= 4 is 39.3 Å². The molecule has 0 unspecified atom stereocenters. The third kappa shape index (κ3) is 4.70. The molecule has 0 radical (unpaired) electrons. The molecule has 1 aromatic heterocycles. The van der Waals surface area contributed by atoms with Crippen molar-refractivity contribution in [1.82, 2.24) is 4.57 Å². The second-order valence-corrected chi connectivity index (χ2v) is 8.45. The fraction of sp³-hybridized carbons (Fsp3) is 0.0968. The number of para-hydroxylation sites is 1. The van der Waals surface area contributed by atoms with Gasteiger partial charge in [-0.3, -0.25) is 4.79 Å². The minimum atomic E-state index is -0.461. The van der Waals surface area contributed by atoms with Crippen molar-refractivity contribution in [2.24, 2.45) is 0 Å². The number of aromatic nitrogens is 1. The summed E-state index contributed by atoms with van der Waals surface area (Å²) in [5, 5.41) is 16.0. The van der Waals surface area contributed by atoms with Crippen LogP contribution >= 0.6 is 0 Å². The molecule has 176 valence electrons. The predicted octanol–water partition coefficient (Wildman–Crippen LogP) is 6.79. The van der Waals surface area contributed by atoms with E-state index < -0.39 is 5.91 Å². The standard InChI is InChI=1S/C31H25N3O2/c1-2-36-27-13-8-12-26(18-27)33-31(35)24(19-32)17-25-21-34(30-16-6-5-15-29(25)30)20-23-11-7-10-22-9-3-4-14-28(22)23/h3-18,21H,2,20H2,1H3,(H,33,35)/b24-17-. The van der Waals surface area contributed by atoms with Crippen molar-refractivity contribution in [2.75, 3.05) is 11.9 Å². The van der Waals surface area contributed by atoms with E-state index in [-0.39, 0.29) is 5.57 Å². The third-order valence-corrected chi connectivity index (χ3v) is 6.11. The second kappa shape index (κ2) is 10.2. The van der Waals surface area contributed by atoms with Crippen molar-refractivity contribution in [1.29, 1.82) is 5.26 Å². The summed E-state index contributed by atoms with van der Waals surface area (Å²) in [4.78, 5) is 12.9. The molecule has 5 heteroatoms. The van der Waals surface area contributed by atoms with E-state index in [2.05, 4.69) is 58.4 Å². The van der Waals surface area contributed by atoms with Gasteiger partial charge in [-0.05, 0) is 47.5 Å². The number of benzene rings is 4. The Bertz CT molecular complexity index is 1630. The molecule has 0 atom stereocenters. The fourth-order valence-electron chi connectivity index (χ4n) is 4.47. The van der Waals surface area contributed by atoms with E-state index in [4.69, 9.17) is 4.74 Å². The Morgan fingerprint density at radius 2 is 1.72 bits per heavy atom. The first-order chi connectivity index (χ1) is 17.7. The zero-order chi connectivity index (χ0) is 24.9. The molecule has 4 aromatic carbocycles. The molecule has 0 aliphatic carbocycles. The van der Waals surface area contributed by atoms with E-state index in [1.807, 2.05) is 43.5 Å². The Balaban J connectivity index is 1.48. The number of nitriles is 1. The van der Waals surface area contributed by atoms with Gasteiger partial charge in [0, 0.05) is 41.0 Å². The maximum Gasteiger partial charge on any atom is 0.266 e. The van der Waals surface area contributed by atoms with Crippen LogP contribution in [0.3, 0.4) is 0 Å². The lowest BCUT2D eigenvalue weighted by molar-refractivity contribution is -0.112. The summed E-state index contributed by atoms with van der Waals surface area (Å²) in [5.41, 5.74) is 3.67. The number of nitrogens with zero attached hydrogens (tertiary/aromatic N) is 2. The van der Waals surface area contributed by atoms with Gasteiger partial charge in [-0.1, -0.05) is 66.7 Å². The van der Waals surface area contributed by atoms with Crippen molar-refractivity contribution in [3.05, 3.63) is 114 Å². The fourth-order valence-corrected chi connectivity index (χ4v) is 4.47. The summed E-state index contributed by atoms with van der Waals surface area (Å²) in [5.74, 6) is 0.200. The van der Waals surface area contributed by atoms with Crippen molar-refractivity contribution in [2.45, 2.75) is 13.5 Å². The Morgan fingerprint density at radius 3 is 2.56 bits per heavy atom. The number of amides is 1. The lowest BCUT2D eigenvalue weighted by Crippen LogP contribution is -2.13. The van der Waals surface area contributed by atoms with E-state index in [1.165, 1.54) is 16.3 Å². The molecule has 5 aromatic rings. The number of carbonyl (C=O) groups is 1. The largest absolute Gasteiger partial charge is 0.494 e. The lowest BCUT2D eigenvalue weighted by atomic mass is 10.0. The normalized spacial score (nSPS) is 11.4. The summed E-state index contributed by atoms with van der Waals surface area (Å²) < 4.78 is 7.67. The van der Waals surface area contributed by atoms with E-state index >= 15 is 0 Å². The minimum Gasteiger partial charge on any atom is -0.494 e. The quantitative estimate of drug-likeness (QED) is 0.210. The predicted molar refractivity (Wildman–Crippen MR) is 145 cm³/mol. The van der Waals surface area contributed by atoms with Gasteiger partial charge in [-0.2, -0.15) is 5.26 Å². The minimum absolute atomic E-state index is 0.0323. The van der Waals surface area contributed by atoms with Gasteiger partial charge >= 0.3 is 0 Å². The van der Waals surface area contributed by atoms with Crippen molar-refractivity contribution in [3.8, 4) is 11.8 Å². The summed E-state index contributed by atoms with van der Waals surface area (Å²) in [6.45, 7) is 3.11. The molecule has 0 aliphatic heterocycles. The summed E-state index contributed by atoms with van der Waals surface area (Å²) >= 11 is 0. The maximum absolute atomic E-state index is 12.9. The highest BCUT2D eigenvalue weighted by atomic mass is 16.5. The Hall–Kier alpha value is -4.82. The highest BCUT2D eigenvalue weighted by Crippen LogP contribution is 2.27. The number of anilines is 1. The van der Waals surface area contributed by atoms with E-state index in [0.29, 0.717) is 24.6 Å². The molecular weight excluding hydrogens is 446 g/mol. The average Bonchev–Trinajstić information content (AvgIpc) is 3.25. The van der Waals surface area contributed by atoms with E-state index in [0.717, 1.165) is 16.5 Å². The molecule has 0 aliphatic rings. The number of nitrogens with one attached hydrogen (secondary N) is 1. The molecule has 5 rings (SSSR count). The molecule has 5 nitrogen and oxygen atoms in total. The van der Waals surface area contributed by atoms with Crippen LogP contribution in [0.4, 0.5) is 5.69 Å². The van der Waals surface area contributed by atoms with Crippen molar-refractivity contribution < 1.29 is 9.53 Å². The Labute approximate surface area is 209 Å². The third-order valence-electron chi connectivity index (χ3n) is 6.11. The monoisotopic (exact) mass is 471 g/mol. The summed E-state index contributed by atoms with van der Waals surface area (Å²) in [6, 6.07) is 31.9. The number of hydrogen-bond donors (Lipinski definition) is 1. The zero-order valence-electron chi connectivity index (χ0n) is 19.9. The molecule has 1 N–H and O–H groups in total. The molecule has 0 spiro atoms. The van der Waals surface area contributed by atoms with Crippen LogP contribution < -0.4 is 10.1 Å². The summed E-state index contributed by atoms with van der Waals surface area (Å²) in [7, 11) is 0. The van der Waals surface area contributed by atoms with Crippen LogP contribution in [0.5, 0.6) is 5.75 Å². The van der Waals surface area contributed by atoms with Gasteiger partial charge in [0.25, 0.3) is 5.91 Å². The van der Waals surface area contributed by atoms with Gasteiger partial charge in [0.2, 0.25) is 0 Å². The molecule has 0 bridgehead atoms. The highest BCUT2D eigenvalue weighted by Gasteiger charge is 2.14. The first-order valence-corrected chi connectivity index (χ1v) is 11.9. The molecule has 0 saturated carbocycles. The van der Waals surface area contributed by atoms with E-state index in [1.54, 1.807) is 24.3 Å². The van der Waals surface area contributed by atoms with Gasteiger partial charge in [0.1, 0.15) is 17.4 Å². The lowest BCUT2D eigenvalue weighted by Gasteiger charge is -2.09. The van der Waals surface area contributed by atoms with Crippen LogP contribution in [0.1, 0.15) is 18.1 Å². The van der Waals surface area contributed by atoms with Gasteiger partial charge < -0.3 is 14.6 Å². The number of carbonyl (C=O) groups excluding carboxylic acids is 1. The highest BCUT2D eigenvalue weighted by molar-refractivity contribution is 6.10. The van der Waals surface area contributed by atoms with Crippen LogP contribution in [0.15, 0.2) is 103 Å². The zero-order valence-corrected chi connectivity index (χ0v) is 19.9. The smallest absolute Gasteiger partial charge is 0.266 e. The van der Waals surface area contributed by atoms with Crippen LogP contribution in [0.25, 0.3) is 27.8 Å². The first-order valence-electron chi connectivity index (χ1n) is 11.9. The second-order valence-electron chi connectivity index (χ2n) is 8.45. The molecular formula is C31H25N3O2. The van der Waals surface area contributed by atoms with Crippen LogP contribution in [0, 0.1) is 11.3 Å². The number of fused-ring (bicyclic) bond motifs is 2. The summed E-state index contributed by atoms with van der Waals surface area (Å²) in [6.07, 6.45) is 3.66. The maximum atomic E-state index is 12.9. The van der Waals surface area contributed by atoms with Gasteiger partial charge in [-0.25, -0.2) is 0 Å². The Kier molecular flexibility index (Phi) is 6.51. The molecule has 36 heavy (non-hydrogen) atoms. The van der Waals surface area contributed by atoms with Gasteiger partial charge in [0.05, 0.1) is 6.61 Å². The van der Waals surface area contributed by atoms with Gasteiger partial charge in [0.15, 0.2) is 0 Å². The number of hydrogen-bond acceptors (Lipinski definition) is 3. The van der Waals surface area contributed by atoms with Crippen LogP contribution in [-0.2, 0) is 11.3 Å². The molecule has 0 fully saturated rings. The van der Waals surface area contributed by atoms with Gasteiger partial charge in [-0.15, -0.1) is 0 Å². The SMILES string of the molecule is CCOc1cccc(NC(=O)/C(C#N)=C\c2cn(Cc3cccc4ccccc34)c3ccccc23)c1. The Morgan fingerprint density at radius 1 is 0.972 bits per heavy atom. The first kappa shape index (κ1) is 22.9. The number of ether oxygens (including phenoxy) is 1. The van der Waals surface area contributed by atoms with Crippen LogP contribution in [0.2, 0.25) is 0 Å². The number of rotatable bonds is 7. The molecule has 1 amide bonds. The average molecular weight is 472 g/mol.